The van der Waals surface area contributed by atoms with E-state index in [4.69, 9.17) is 0 Å². The van der Waals surface area contributed by atoms with E-state index in [1.54, 1.807) is 19.1 Å². The molecule has 0 heterocycles. The number of rotatable bonds is 4. The van der Waals surface area contributed by atoms with E-state index in [-0.39, 0.29) is 23.5 Å². The van der Waals surface area contributed by atoms with Gasteiger partial charge in [0, 0.05) is 6.04 Å². The molecule has 4 nitrogen and oxygen atoms in total. The summed E-state index contributed by atoms with van der Waals surface area (Å²) in [6.45, 7) is -1.19. The third-order valence-electron chi connectivity index (χ3n) is 3.63. The SMILES string of the molecule is Cc1cccc(OC(F)F)c1NC(=O)NC1CCCCC1. The van der Waals surface area contributed by atoms with Crippen molar-refractivity contribution < 1.29 is 18.3 Å². The lowest BCUT2D eigenvalue weighted by Gasteiger charge is -2.23. The lowest BCUT2D eigenvalue weighted by atomic mass is 9.96. The molecule has 1 fully saturated rings. The largest absolute Gasteiger partial charge is 0.433 e. The van der Waals surface area contributed by atoms with Gasteiger partial charge in [-0.25, -0.2) is 4.79 Å². The Kier molecular flexibility index (Phi) is 5.36. The minimum atomic E-state index is -2.92. The standard InChI is InChI=1S/C15H20F2N2O2/c1-10-6-5-9-12(21-14(16)17)13(10)19-15(20)18-11-7-3-2-4-8-11/h5-6,9,11,14H,2-4,7-8H2,1H3,(H2,18,19,20). The third kappa shape index (κ3) is 4.58. The van der Waals surface area contributed by atoms with Crippen LogP contribution >= 0.6 is 0 Å². The van der Waals surface area contributed by atoms with Gasteiger partial charge in [-0.2, -0.15) is 8.78 Å². The third-order valence-corrected chi connectivity index (χ3v) is 3.63. The Balaban J connectivity index is 2.02. The second-order valence-corrected chi connectivity index (χ2v) is 5.26. The lowest BCUT2D eigenvalue weighted by molar-refractivity contribution is -0.0493. The maximum Gasteiger partial charge on any atom is 0.387 e. The Morgan fingerprint density at radius 2 is 2.00 bits per heavy atom. The highest BCUT2D eigenvalue weighted by molar-refractivity contribution is 5.92. The summed E-state index contributed by atoms with van der Waals surface area (Å²) < 4.78 is 29.2. The summed E-state index contributed by atoms with van der Waals surface area (Å²) in [7, 11) is 0. The average Bonchev–Trinajstić information content (AvgIpc) is 2.43. The van der Waals surface area contributed by atoms with Crippen LogP contribution in [0.2, 0.25) is 0 Å². The molecule has 0 aromatic heterocycles. The van der Waals surface area contributed by atoms with E-state index < -0.39 is 6.61 Å². The van der Waals surface area contributed by atoms with Crippen molar-refractivity contribution in [2.45, 2.75) is 51.7 Å². The minimum Gasteiger partial charge on any atom is -0.433 e. The lowest BCUT2D eigenvalue weighted by Crippen LogP contribution is -2.39. The second kappa shape index (κ2) is 7.24. The van der Waals surface area contributed by atoms with E-state index in [1.165, 1.54) is 12.5 Å². The van der Waals surface area contributed by atoms with Gasteiger partial charge in [-0.05, 0) is 31.4 Å². The Morgan fingerprint density at radius 1 is 1.29 bits per heavy atom. The summed E-state index contributed by atoms with van der Waals surface area (Å²) in [5, 5.41) is 5.51. The number of amides is 2. The molecule has 1 aliphatic rings. The molecule has 2 rings (SSSR count). The first-order valence-electron chi connectivity index (χ1n) is 7.18. The topological polar surface area (TPSA) is 50.4 Å². The maximum absolute atomic E-state index is 12.4. The number of hydrogen-bond acceptors (Lipinski definition) is 2. The number of halogens is 2. The molecule has 0 aliphatic heterocycles. The van der Waals surface area contributed by atoms with Crippen molar-refractivity contribution in [3.8, 4) is 5.75 Å². The molecule has 0 saturated heterocycles. The molecule has 1 aromatic carbocycles. The maximum atomic E-state index is 12.4. The summed E-state index contributed by atoms with van der Waals surface area (Å²) in [6, 6.07) is 4.53. The second-order valence-electron chi connectivity index (χ2n) is 5.26. The zero-order chi connectivity index (χ0) is 15.2. The predicted octanol–water partition coefficient (Wildman–Crippen LogP) is 4.05. The molecule has 0 bridgehead atoms. The van der Waals surface area contributed by atoms with Crippen LogP contribution in [0.5, 0.6) is 5.75 Å². The monoisotopic (exact) mass is 298 g/mol. The van der Waals surface area contributed by atoms with Crippen molar-refractivity contribution in [2.24, 2.45) is 0 Å². The van der Waals surface area contributed by atoms with Crippen molar-refractivity contribution in [3.63, 3.8) is 0 Å². The number of para-hydroxylation sites is 1. The summed E-state index contributed by atoms with van der Waals surface area (Å²) in [5.41, 5.74) is 0.957. The van der Waals surface area contributed by atoms with Crippen LogP contribution in [0.4, 0.5) is 19.3 Å². The number of nitrogens with one attached hydrogen (secondary N) is 2. The Bertz CT molecular complexity index is 489. The number of carbonyl (C=O) groups excluding carboxylic acids is 1. The highest BCUT2D eigenvalue weighted by atomic mass is 19.3. The van der Waals surface area contributed by atoms with E-state index >= 15 is 0 Å². The van der Waals surface area contributed by atoms with Crippen LogP contribution in [0.25, 0.3) is 0 Å². The first-order chi connectivity index (χ1) is 10.1. The molecule has 1 saturated carbocycles. The molecule has 116 valence electrons. The van der Waals surface area contributed by atoms with Gasteiger partial charge in [-0.15, -0.1) is 0 Å². The van der Waals surface area contributed by atoms with Crippen LogP contribution in [0.15, 0.2) is 18.2 Å². The number of urea groups is 1. The van der Waals surface area contributed by atoms with Crippen LogP contribution in [-0.2, 0) is 0 Å². The molecule has 0 unspecified atom stereocenters. The molecular weight excluding hydrogens is 278 g/mol. The fourth-order valence-corrected chi connectivity index (χ4v) is 2.58. The van der Waals surface area contributed by atoms with Crippen LogP contribution in [0.1, 0.15) is 37.7 Å². The van der Waals surface area contributed by atoms with E-state index in [9.17, 15) is 13.6 Å². The summed E-state index contributed by atoms with van der Waals surface area (Å²) in [5.74, 6) is -0.0243. The smallest absolute Gasteiger partial charge is 0.387 e. The number of anilines is 1. The van der Waals surface area contributed by atoms with Crippen LogP contribution < -0.4 is 15.4 Å². The average molecular weight is 298 g/mol. The number of alkyl halides is 2. The van der Waals surface area contributed by atoms with Crippen LogP contribution in [0, 0.1) is 6.92 Å². The zero-order valence-corrected chi connectivity index (χ0v) is 12.0. The summed E-state index contributed by atoms with van der Waals surface area (Å²) in [4.78, 5) is 12.0. The minimum absolute atomic E-state index is 0.0243. The van der Waals surface area contributed by atoms with Gasteiger partial charge in [-0.3, -0.25) is 0 Å². The van der Waals surface area contributed by atoms with Gasteiger partial charge in [0.2, 0.25) is 0 Å². The fourth-order valence-electron chi connectivity index (χ4n) is 2.58. The Hall–Kier alpha value is -1.85. The Labute approximate surface area is 122 Å². The highest BCUT2D eigenvalue weighted by Crippen LogP contribution is 2.29. The van der Waals surface area contributed by atoms with E-state index in [1.807, 2.05) is 0 Å². The van der Waals surface area contributed by atoms with Crippen molar-refractivity contribution in [1.29, 1.82) is 0 Å². The summed E-state index contributed by atoms with van der Waals surface area (Å²) in [6.07, 6.45) is 5.33. The molecule has 0 spiro atoms. The van der Waals surface area contributed by atoms with E-state index in [2.05, 4.69) is 15.4 Å². The van der Waals surface area contributed by atoms with Crippen LogP contribution in [0.3, 0.4) is 0 Å². The van der Waals surface area contributed by atoms with Gasteiger partial charge in [0.1, 0.15) is 5.75 Å². The van der Waals surface area contributed by atoms with Gasteiger partial charge >= 0.3 is 12.6 Å². The number of ether oxygens (including phenoxy) is 1. The van der Waals surface area contributed by atoms with Gasteiger partial charge < -0.3 is 15.4 Å². The number of benzene rings is 1. The molecule has 0 atom stereocenters. The molecular formula is C15H20F2N2O2. The Morgan fingerprint density at radius 3 is 2.67 bits per heavy atom. The molecule has 21 heavy (non-hydrogen) atoms. The predicted molar refractivity (Wildman–Crippen MR) is 76.8 cm³/mol. The molecule has 6 heteroatoms. The van der Waals surface area contributed by atoms with Crippen molar-refractivity contribution in [2.75, 3.05) is 5.32 Å². The van der Waals surface area contributed by atoms with Gasteiger partial charge in [0.15, 0.2) is 0 Å². The van der Waals surface area contributed by atoms with Gasteiger partial charge in [0.25, 0.3) is 0 Å². The van der Waals surface area contributed by atoms with Gasteiger partial charge in [0.05, 0.1) is 5.69 Å². The number of aryl methyl sites for hydroxylation is 1. The van der Waals surface area contributed by atoms with Crippen molar-refractivity contribution in [1.82, 2.24) is 5.32 Å². The summed E-state index contributed by atoms with van der Waals surface area (Å²) >= 11 is 0. The number of hydrogen-bond donors (Lipinski definition) is 2. The fraction of sp³-hybridized carbons (Fsp3) is 0.533. The quantitative estimate of drug-likeness (QED) is 0.881. The van der Waals surface area contributed by atoms with E-state index in [0.29, 0.717) is 5.56 Å². The molecule has 2 amide bonds. The normalized spacial score (nSPS) is 15.8. The molecule has 1 aromatic rings. The number of carbonyl (C=O) groups is 1. The van der Waals surface area contributed by atoms with Gasteiger partial charge in [-0.1, -0.05) is 31.4 Å². The molecule has 0 radical (unpaired) electrons. The van der Waals surface area contributed by atoms with Crippen molar-refractivity contribution in [3.05, 3.63) is 23.8 Å². The van der Waals surface area contributed by atoms with E-state index in [0.717, 1.165) is 25.7 Å². The zero-order valence-electron chi connectivity index (χ0n) is 12.0. The van der Waals surface area contributed by atoms with Crippen LogP contribution in [-0.4, -0.2) is 18.7 Å². The van der Waals surface area contributed by atoms with Crippen molar-refractivity contribution >= 4 is 11.7 Å². The highest BCUT2D eigenvalue weighted by Gasteiger charge is 2.18. The molecule has 1 aliphatic carbocycles. The first kappa shape index (κ1) is 15.5. The molecule has 2 N–H and O–H groups in total. The first-order valence-corrected chi connectivity index (χ1v) is 7.18.